The minimum Gasteiger partial charge on any atom is -0.355 e. The van der Waals surface area contributed by atoms with Crippen molar-refractivity contribution in [3.05, 3.63) is 17.5 Å². The number of nitrogens with zero attached hydrogens (tertiary/aromatic N) is 2. The van der Waals surface area contributed by atoms with Crippen LogP contribution in [0.2, 0.25) is 0 Å². The van der Waals surface area contributed by atoms with Crippen LogP contribution in [0.25, 0.3) is 0 Å². The topological polar surface area (TPSA) is 46.9 Å². The first-order valence-electron chi connectivity index (χ1n) is 3.37. The van der Waals surface area contributed by atoms with E-state index in [2.05, 4.69) is 10.4 Å². The molecule has 0 aromatic carbocycles. The molecular formula is C7H11N3O. The third kappa shape index (κ3) is 1.39. The molecule has 0 bridgehead atoms. The van der Waals surface area contributed by atoms with Gasteiger partial charge in [-0.3, -0.25) is 9.48 Å². The molecule has 4 heteroatoms. The van der Waals surface area contributed by atoms with E-state index in [0.717, 1.165) is 5.69 Å². The Hall–Kier alpha value is -1.32. The van der Waals surface area contributed by atoms with Crippen molar-refractivity contribution in [1.29, 1.82) is 0 Å². The molecular weight excluding hydrogens is 142 g/mol. The first-order chi connectivity index (χ1) is 5.15. The molecule has 60 valence electrons. The summed E-state index contributed by atoms with van der Waals surface area (Å²) < 4.78 is 1.62. The minimum absolute atomic E-state index is 0.0874. The number of aromatic nitrogens is 2. The summed E-state index contributed by atoms with van der Waals surface area (Å²) in [6.45, 7) is 1.81. The Morgan fingerprint density at radius 3 is 2.73 bits per heavy atom. The third-order valence-electron chi connectivity index (χ3n) is 1.49. The highest BCUT2D eigenvalue weighted by Gasteiger charge is 2.09. The van der Waals surface area contributed by atoms with Gasteiger partial charge in [-0.2, -0.15) is 5.10 Å². The van der Waals surface area contributed by atoms with Crippen LogP contribution in [0.5, 0.6) is 0 Å². The van der Waals surface area contributed by atoms with Crippen molar-refractivity contribution in [1.82, 2.24) is 15.1 Å². The van der Waals surface area contributed by atoms with Crippen LogP contribution < -0.4 is 5.32 Å². The quantitative estimate of drug-likeness (QED) is 0.621. The molecule has 11 heavy (non-hydrogen) atoms. The predicted molar refractivity (Wildman–Crippen MR) is 41.3 cm³/mol. The van der Waals surface area contributed by atoms with Crippen molar-refractivity contribution in [3.8, 4) is 0 Å². The summed E-state index contributed by atoms with van der Waals surface area (Å²) in [6, 6.07) is 0. The average Bonchev–Trinajstić information content (AvgIpc) is 2.28. The molecule has 0 spiro atoms. The molecule has 0 aliphatic carbocycles. The highest BCUT2D eigenvalue weighted by Crippen LogP contribution is 2.02. The van der Waals surface area contributed by atoms with E-state index in [1.807, 2.05) is 6.92 Å². The van der Waals surface area contributed by atoms with Gasteiger partial charge >= 0.3 is 0 Å². The number of nitrogens with one attached hydrogen (secondary N) is 1. The van der Waals surface area contributed by atoms with Crippen LogP contribution in [0, 0.1) is 6.92 Å². The van der Waals surface area contributed by atoms with Gasteiger partial charge < -0.3 is 5.32 Å². The molecule has 1 rings (SSSR count). The second-order valence-corrected chi connectivity index (χ2v) is 2.38. The van der Waals surface area contributed by atoms with E-state index in [1.54, 1.807) is 25.0 Å². The SMILES string of the molecule is CNC(=O)c1cn(C)nc1C. The molecule has 1 N–H and O–H groups in total. The molecule has 1 aromatic heterocycles. The van der Waals surface area contributed by atoms with Gasteiger partial charge in [0.05, 0.1) is 11.3 Å². The van der Waals surface area contributed by atoms with E-state index >= 15 is 0 Å². The van der Waals surface area contributed by atoms with Crippen molar-refractivity contribution < 1.29 is 4.79 Å². The van der Waals surface area contributed by atoms with Gasteiger partial charge in [0, 0.05) is 20.3 Å². The van der Waals surface area contributed by atoms with Crippen LogP contribution in [-0.2, 0) is 7.05 Å². The first-order valence-corrected chi connectivity index (χ1v) is 3.37. The lowest BCUT2D eigenvalue weighted by Gasteiger charge is -1.93. The number of carbonyl (C=O) groups excluding carboxylic acids is 1. The number of hydrogen-bond acceptors (Lipinski definition) is 2. The number of carbonyl (C=O) groups is 1. The maximum Gasteiger partial charge on any atom is 0.254 e. The monoisotopic (exact) mass is 153 g/mol. The molecule has 0 aliphatic heterocycles. The lowest BCUT2D eigenvalue weighted by atomic mass is 10.2. The number of amides is 1. The van der Waals surface area contributed by atoms with E-state index in [4.69, 9.17) is 0 Å². The largest absolute Gasteiger partial charge is 0.355 e. The van der Waals surface area contributed by atoms with Crippen molar-refractivity contribution >= 4 is 5.91 Å². The van der Waals surface area contributed by atoms with E-state index in [1.165, 1.54) is 0 Å². The van der Waals surface area contributed by atoms with Crippen LogP contribution in [0.3, 0.4) is 0 Å². The van der Waals surface area contributed by atoms with Gasteiger partial charge in [-0.1, -0.05) is 0 Å². The smallest absolute Gasteiger partial charge is 0.254 e. The Balaban J connectivity index is 3.03. The Bertz CT molecular complexity index is 277. The van der Waals surface area contributed by atoms with Gasteiger partial charge in [-0.05, 0) is 6.92 Å². The molecule has 0 aliphatic rings. The third-order valence-corrected chi connectivity index (χ3v) is 1.49. The molecule has 0 atom stereocenters. The van der Waals surface area contributed by atoms with E-state index in [0.29, 0.717) is 5.56 Å². The molecule has 0 saturated heterocycles. The molecule has 4 nitrogen and oxygen atoms in total. The molecule has 0 saturated carbocycles. The van der Waals surface area contributed by atoms with Crippen LogP contribution in [0.15, 0.2) is 6.20 Å². The van der Waals surface area contributed by atoms with Gasteiger partial charge in [0.15, 0.2) is 0 Å². The Labute approximate surface area is 65.2 Å². The summed E-state index contributed by atoms with van der Waals surface area (Å²) in [5.41, 5.74) is 1.39. The van der Waals surface area contributed by atoms with Crippen molar-refractivity contribution in [2.24, 2.45) is 7.05 Å². The van der Waals surface area contributed by atoms with E-state index in [9.17, 15) is 4.79 Å². The number of hydrogen-bond donors (Lipinski definition) is 1. The number of aryl methyl sites for hydroxylation is 2. The zero-order valence-electron chi connectivity index (χ0n) is 6.88. The van der Waals surface area contributed by atoms with E-state index < -0.39 is 0 Å². The van der Waals surface area contributed by atoms with Crippen molar-refractivity contribution in [2.75, 3.05) is 7.05 Å². The summed E-state index contributed by atoms with van der Waals surface area (Å²) in [7, 11) is 3.40. The zero-order valence-corrected chi connectivity index (χ0v) is 6.88. The average molecular weight is 153 g/mol. The zero-order chi connectivity index (χ0) is 8.43. The lowest BCUT2D eigenvalue weighted by Crippen LogP contribution is -2.17. The van der Waals surface area contributed by atoms with Crippen molar-refractivity contribution in [3.63, 3.8) is 0 Å². The summed E-state index contributed by atoms with van der Waals surface area (Å²) in [5.74, 6) is -0.0874. The fourth-order valence-electron chi connectivity index (χ4n) is 0.957. The van der Waals surface area contributed by atoms with Gasteiger partial charge in [0.1, 0.15) is 0 Å². The fourth-order valence-corrected chi connectivity index (χ4v) is 0.957. The normalized spacial score (nSPS) is 9.73. The van der Waals surface area contributed by atoms with Gasteiger partial charge in [0.2, 0.25) is 0 Å². The highest BCUT2D eigenvalue weighted by atomic mass is 16.1. The van der Waals surface area contributed by atoms with E-state index in [-0.39, 0.29) is 5.91 Å². The van der Waals surface area contributed by atoms with Crippen LogP contribution >= 0.6 is 0 Å². The van der Waals surface area contributed by atoms with Gasteiger partial charge in [0.25, 0.3) is 5.91 Å². The van der Waals surface area contributed by atoms with Crippen molar-refractivity contribution in [2.45, 2.75) is 6.92 Å². The minimum atomic E-state index is -0.0874. The Morgan fingerprint density at radius 1 is 1.73 bits per heavy atom. The predicted octanol–water partition coefficient (Wildman–Crippen LogP) is 0.0881. The van der Waals surface area contributed by atoms with Gasteiger partial charge in [-0.25, -0.2) is 0 Å². The Morgan fingerprint density at radius 2 is 2.36 bits per heavy atom. The molecule has 1 aromatic rings. The second kappa shape index (κ2) is 2.74. The molecule has 0 radical (unpaired) electrons. The van der Waals surface area contributed by atoms with Gasteiger partial charge in [-0.15, -0.1) is 0 Å². The highest BCUT2D eigenvalue weighted by molar-refractivity contribution is 5.94. The summed E-state index contributed by atoms with van der Waals surface area (Å²) in [4.78, 5) is 11.1. The molecule has 1 amide bonds. The molecule has 0 fully saturated rings. The maximum absolute atomic E-state index is 11.1. The Kier molecular flexibility index (Phi) is 1.94. The summed E-state index contributed by atoms with van der Waals surface area (Å²) in [6.07, 6.45) is 1.70. The summed E-state index contributed by atoms with van der Waals surface area (Å²) in [5, 5.41) is 6.58. The standard InChI is InChI=1S/C7H11N3O/c1-5-6(7(11)8-2)4-10(3)9-5/h4H,1-3H3,(H,8,11). The van der Waals surface area contributed by atoms with Crippen LogP contribution in [0.4, 0.5) is 0 Å². The molecule has 0 unspecified atom stereocenters. The fraction of sp³-hybridized carbons (Fsp3) is 0.429. The first kappa shape index (κ1) is 7.78. The van der Waals surface area contributed by atoms with Crippen LogP contribution in [-0.4, -0.2) is 22.7 Å². The summed E-state index contributed by atoms with van der Waals surface area (Å²) >= 11 is 0. The second-order valence-electron chi connectivity index (χ2n) is 2.38. The lowest BCUT2D eigenvalue weighted by molar-refractivity contribution is 0.0962. The molecule has 1 heterocycles. The maximum atomic E-state index is 11.1. The van der Waals surface area contributed by atoms with Crippen LogP contribution in [0.1, 0.15) is 16.1 Å². The number of rotatable bonds is 1.